The Morgan fingerprint density at radius 3 is 2.72 bits per heavy atom. The Kier molecular flexibility index (Phi) is 3.96. The molecule has 0 spiro atoms. The molecule has 1 aromatic rings. The second-order valence-electron chi connectivity index (χ2n) is 3.70. The van der Waals surface area contributed by atoms with Crippen LogP contribution in [0.3, 0.4) is 0 Å². The summed E-state index contributed by atoms with van der Waals surface area (Å²) in [6.45, 7) is 0. The average molecular weight is 310 g/mol. The van der Waals surface area contributed by atoms with Gasteiger partial charge in [0.15, 0.2) is 0 Å². The van der Waals surface area contributed by atoms with Gasteiger partial charge in [-0.1, -0.05) is 23.4 Å². The number of carbonyl (C=O) groups excluding carboxylic acids is 1. The summed E-state index contributed by atoms with van der Waals surface area (Å²) in [5.41, 5.74) is 0. The molecule has 0 amide bonds. The Balaban J connectivity index is 2.28. The van der Waals surface area contributed by atoms with Crippen molar-refractivity contribution < 1.29 is 17.6 Å². The Bertz CT molecular complexity index is 591. The van der Waals surface area contributed by atoms with Gasteiger partial charge in [-0.05, 0) is 24.6 Å². The number of rotatable bonds is 3. The third-order valence-corrected chi connectivity index (χ3v) is 5.38. The summed E-state index contributed by atoms with van der Waals surface area (Å²) in [6.07, 6.45) is 0.446. The molecular weight excluding hydrogens is 301 g/mol. The third kappa shape index (κ3) is 2.85. The Morgan fingerprint density at radius 1 is 1.44 bits per heavy atom. The zero-order chi connectivity index (χ0) is 13.3. The highest BCUT2D eigenvalue weighted by molar-refractivity contribution is 8.14. The summed E-state index contributed by atoms with van der Waals surface area (Å²) in [6, 6.07) is 2.26. The van der Waals surface area contributed by atoms with Crippen molar-refractivity contribution in [3.63, 3.8) is 0 Å². The summed E-state index contributed by atoms with van der Waals surface area (Å²) in [4.78, 5) is 11.1. The molecule has 0 aromatic heterocycles. The van der Waals surface area contributed by atoms with E-state index < -0.39 is 21.9 Å². The molecule has 0 saturated carbocycles. The van der Waals surface area contributed by atoms with Crippen molar-refractivity contribution in [3.8, 4) is 0 Å². The Labute approximate surface area is 113 Å². The van der Waals surface area contributed by atoms with Gasteiger partial charge in [-0.2, -0.15) is 4.72 Å². The fourth-order valence-corrected chi connectivity index (χ4v) is 4.32. The van der Waals surface area contributed by atoms with E-state index in [1.54, 1.807) is 0 Å². The van der Waals surface area contributed by atoms with Crippen LogP contribution in [0.5, 0.6) is 0 Å². The number of benzene rings is 1. The molecule has 1 aromatic carbocycles. The van der Waals surface area contributed by atoms with Crippen molar-refractivity contribution >= 4 is 38.5 Å². The molecule has 0 bridgehead atoms. The number of thioether (sulfide) groups is 1. The SMILES string of the molecule is O=C1SCC[C@@H]1NS(=O)(=O)c1ccc(F)cc1Cl. The molecule has 0 radical (unpaired) electrons. The highest BCUT2D eigenvalue weighted by atomic mass is 35.5. The van der Waals surface area contributed by atoms with Crippen molar-refractivity contribution in [2.24, 2.45) is 0 Å². The molecule has 18 heavy (non-hydrogen) atoms. The smallest absolute Gasteiger partial charge is 0.242 e. The minimum Gasteiger partial charge on any atom is -0.285 e. The van der Waals surface area contributed by atoms with E-state index in [2.05, 4.69) is 4.72 Å². The Morgan fingerprint density at radius 2 is 2.17 bits per heavy atom. The lowest BCUT2D eigenvalue weighted by molar-refractivity contribution is -0.111. The summed E-state index contributed by atoms with van der Waals surface area (Å²) < 4.78 is 39.1. The van der Waals surface area contributed by atoms with Gasteiger partial charge in [0, 0.05) is 5.75 Å². The summed E-state index contributed by atoms with van der Waals surface area (Å²) in [5, 5.41) is -0.419. The zero-order valence-corrected chi connectivity index (χ0v) is 11.4. The number of sulfonamides is 1. The summed E-state index contributed by atoms with van der Waals surface area (Å²) in [5.74, 6) is -0.0326. The van der Waals surface area contributed by atoms with Crippen LogP contribution >= 0.6 is 23.4 Å². The van der Waals surface area contributed by atoms with E-state index in [0.717, 1.165) is 30.0 Å². The molecule has 1 saturated heterocycles. The maximum atomic E-state index is 12.8. The lowest BCUT2D eigenvalue weighted by Crippen LogP contribution is -2.37. The van der Waals surface area contributed by atoms with Crippen LogP contribution in [0.1, 0.15) is 6.42 Å². The second-order valence-corrected chi connectivity index (χ2v) is 6.89. The van der Waals surface area contributed by atoms with E-state index in [1.165, 1.54) is 0 Å². The van der Waals surface area contributed by atoms with E-state index in [4.69, 9.17) is 11.6 Å². The standard InChI is InChI=1S/C10H9ClFNO3S2/c11-7-5-6(12)1-2-9(7)18(15,16)13-8-3-4-17-10(8)14/h1-2,5,8,13H,3-4H2/t8-/m0/s1. The molecule has 1 fully saturated rings. The van der Waals surface area contributed by atoms with Gasteiger partial charge in [-0.25, -0.2) is 12.8 Å². The van der Waals surface area contributed by atoms with Crippen LogP contribution in [-0.2, 0) is 14.8 Å². The Hall–Kier alpha value is -0.630. The van der Waals surface area contributed by atoms with Gasteiger partial charge in [-0.15, -0.1) is 0 Å². The molecule has 1 heterocycles. The molecule has 8 heteroatoms. The maximum Gasteiger partial charge on any atom is 0.242 e. The zero-order valence-electron chi connectivity index (χ0n) is 9.02. The van der Waals surface area contributed by atoms with Crippen LogP contribution in [-0.4, -0.2) is 25.3 Å². The van der Waals surface area contributed by atoms with Gasteiger partial charge in [0.25, 0.3) is 0 Å². The molecule has 0 aliphatic carbocycles. The van der Waals surface area contributed by atoms with E-state index >= 15 is 0 Å². The predicted molar refractivity (Wildman–Crippen MR) is 67.6 cm³/mol. The van der Waals surface area contributed by atoms with Crippen molar-refractivity contribution in [2.75, 3.05) is 5.75 Å². The highest BCUT2D eigenvalue weighted by Gasteiger charge is 2.31. The first-order valence-electron chi connectivity index (χ1n) is 5.04. The number of hydrogen-bond acceptors (Lipinski definition) is 4. The number of hydrogen-bond donors (Lipinski definition) is 1. The molecule has 1 aliphatic rings. The topological polar surface area (TPSA) is 63.2 Å². The lowest BCUT2D eigenvalue weighted by atomic mass is 10.3. The summed E-state index contributed by atoms with van der Waals surface area (Å²) >= 11 is 6.78. The first-order chi connectivity index (χ1) is 8.40. The van der Waals surface area contributed by atoms with Crippen molar-refractivity contribution in [3.05, 3.63) is 29.0 Å². The van der Waals surface area contributed by atoms with Gasteiger partial charge in [0.1, 0.15) is 10.7 Å². The lowest BCUT2D eigenvalue weighted by Gasteiger charge is -2.11. The first kappa shape index (κ1) is 13.8. The number of nitrogens with one attached hydrogen (secondary N) is 1. The van der Waals surface area contributed by atoms with E-state index in [-0.39, 0.29) is 15.0 Å². The highest BCUT2D eigenvalue weighted by Crippen LogP contribution is 2.25. The van der Waals surface area contributed by atoms with Crippen LogP contribution in [0.2, 0.25) is 5.02 Å². The molecule has 1 atom stereocenters. The van der Waals surface area contributed by atoms with Gasteiger partial charge < -0.3 is 0 Å². The molecule has 1 aliphatic heterocycles. The van der Waals surface area contributed by atoms with E-state index in [1.807, 2.05) is 0 Å². The van der Waals surface area contributed by atoms with Gasteiger partial charge in [0.2, 0.25) is 15.1 Å². The van der Waals surface area contributed by atoms with Gasteiger partial charge in [0.05, 0.1) is 11.1 Å². The van der Waals surface area contributed by atoms with Crippen molar-refractivity contribution in [1.29, 1.82) is 0 Å². The van der Waals surface area contributed by atoms with Crippen LogP contribution in [0.25, 0.3) is 0 Å². The van der Waals surface area contributed by atoms with Crippen molar-refractivity contribution in [1.82, 2.24) is 4.72 Å². The molecule has 1 N–H and O–H groups in total. The number of carbonyl (C=O) groups is 1. The predicted octanol–water partition coefficient (Wildman–Crippen LogP) is 1.79. The quantitative estimate of drug-likeness (QED) is 0.924. The molecule has 4 nitrogen and oxygen atoms in total. The van der Waals surface area contributed by atoms with Crippen LogP contribution < -0.4 is 4.72 Å². The largest absolute Gasteiger partial charge is 0.285 e. The van der Waals surface area contributed by atoms with Gasteiger partial charge >= 0.3 is 0 Å². The van der Waals surface area contributed by atoms with E-state index in [0.29, 0.717) is 12.2 Å². The average Bonchev–Trinajstić information content (AvgIpc) is 2.63. The molecule has 0 unspecified atom stereocenters. The first-order valence-corrected chi connectivity index (χ1v) is 7.89. The second kappa shape index (κ2) is 5.16. The molecular formula is C10H9ClFNO3S2. The normalized spacial score (nSPS) is 20.3. The fourth-order valence-electron chi connectivity index (χ4n) is 1.55. The minimum absolute atomic E-state index is 0.208. The van der Waals surface area contributed by atoms with Gasteiger partial charge in [-0.3, -0.25) is 4.79 Å². The maximum absolute atomic E-state index is 12.8. The van der Waals surface area contributed by atoms with Crippen LogP contribution in [0, 0.1) is 5.82 Å². The van der Waals surface area contributed by atoms with Crippen LogP contribution in [0.4, 0.5) is 4.39 Å². The van der Waals surface area contributed by atoms with Crippen molar-refractivity contribution in [2.45, 2.75) is 17.4 Å². The third-order valence-electron chi connectivity index (χ3n) is 2.42. The molecule has 2 rings (SSSR count). The number of halogens is 2. The van der Waals surface area contributed by atoms with Crippen LogP contribution in [0.15, 0.2) is 23.1 Å². The monoisotopic (exact) mass is 309 g/mol. The van der Waals surface area contributed by atoms with E-state index in [9.17, 15) is 17.6 Å². The molecule has 98 valence electrons. The minimum atomic E-state index is -3.91. The fraction of sp³-hybridized carbons (Fsp3) is 0.300. The summed E-state index contributed by atoms with van der Waals surface area (Å²) in [7, 11) is -3.91.